The van der Waals surface area contributed by atoms with E-state index in [2.05, 4.69) is 10.3 Å². The van der Waals surface area contributed by atoms with Gasteiger partial charge in [0.1, 0.15) is 11.4 Å². The van der Waals surface area contributed by atoms with Crippen LogP contribution in [-0.4, -0.2) is 22.5 Å². The fourth-order valence-electron chi connectivity index (χ4n) is 1.85. The van der Waals surface area contributed by atoms with E-state index in [9.17, 15) is 14.4 Å². The lowest BCUT2D eigenvalue weighted by Gasteiger charge is -2.08. The van der Waals surface area contributed by atoms with Crippen molar-refractivity contribution in [2.45, 2.75) is 13.8 Å². The Balaban J connectivity index is 1.99. The molecule has 1 aromatic heterocycles. The summed E-state index contributed by atoms with van der Waals surface area (Å²) in [5.41, 5.74) is 0.719. The van der Waals surface area contributed by atoms with E-state index in [0.717, 1.165) is 17.3 Å². The summed E-state index contributed by atoms with van der Waals surface area (Å²) < 4.78 is 5.37. The molecule has 0 radical (unpaired) electrons. The van der Waals surface area contributed by atoms with Gasteiger partial charge in [0.2, 0.25) is 0 Å². The Morgan fingerprint density at radius 3 is 2.48 bits per heavy atom. The third-order valence-electron chi connectivity index (χ3n) is 2.66. The highest BCUT2D eigenvalue weighted by atomic mass is 16.5. The van der Waals surface area contributed by atoms with Crippen molar-refractivity contribution in [1.29, 1.82) is 0 Å². The first kappa shape index (κ1) is 14.6. The third-order valence-corrected chi connectivity index (χ3v) is 2.66. The first-order valence-corrected chi connectivity index (χ1v) is 6.27. The van der Waals surface area contributed by atoms with Crippen molar-refractivity contribution in [2.75, 3.05) is 11.9 Å². The topological polar surface area (TPSA) is 104 Å². The first-order valence-electron chi connectivity index (χ1n) is 6.27. The van der Waals surface area contributed by atoms with E-state index in [-0.39, 0.29) is 12.3 Å². The van der Waals surface area contributed by atoms with Gasteiger partial charge in [-0.05, 0) is 37.1 Å². The van der Waals surface area contributed by atoms with Gasteiger partial charge >= 0.3 is 5.69 Å². The zero-order chi connectivity index (χ0) is 15.4. The predicted octanol–water partition coefficient (Wildman–Crippen LogP) is 0.698. The number of nitrogens with one attached hydrogen (secondary N) is 3. The van der Waals surface area contributed by atoms with Crippen LogP contribution in [0.25, 0.3) is 0 Å². The van der Waals surface area contributed by atoms with Gasteiger partial charge in [-0.1, -0.05) is 6.07 Å². The Labute approximate surface area is 120 Å². The highest BCUT2D eigenvalue weighted by molar-refractivity contribution is 5.91. The Hall–Kier alpha value is -2.83. The molecule has 0 spiro atoms. The minimum atomic E-state index is -0.668. The molecular weight excluding hydrogens is 274 g/mol. The minimum Gasteiger partial charge on any atom is -0.484 e. The molecule has 7 heteroatoms. The molecule has 2 aromatic rings. The fourth-order valence-corrected chi connectivity index (χ4v) is 1.85. The van der Waals surface area contributed by atoms with E-state index in [1.54, 1.807) is 0 Å². The van der Waals surface area contributed by atoms with E-state index in [1.165, 1.54) is 0 Å². The molecule has 0 unspecified atom stereocenters. The molecular formula is C14H15N3O4. The smallest absolute Gasteiger partial charge is 0.325 e. The molecule has 3 N–H and O–H groups in total. The van der Waals surface area contributed by atoms with Crippen LogP contribution in [0.15, 0.2) is 34.0 Å². The number of amides is 1. The Bertz CT molecular complexity index is 756. The minimum absolute atomic E-state index is 0.0383. The van der Waals surface area contributed by atoms with Gasteiger partial charge in [0.25, 0.3) is 11.5 Å². The van der Waals surface area contributed by atoms with Gasteiger partial charge in [-0.3, -0.25) is 14.6 Å². The van der Waals surface area contributed by atoms with Gasteiger partial charge in [-0.2, -0.15) is 0 Å². The Morgan fingerprint density at radius 1 is 1.19 bits per heavy atom. The molecule has 21 heavy (non-hydrogen) atoms. The van der Waals surface area contributed by atoms with Crippen LogP contribution in [0, 0.1) is 13.8 Å². The van der Waals surface area contributed by atoms with Crippen molar-refractivity contribution in [1.82, 2.24) is 9.97 Å². The maximum atomic E-state index is 11.7. The number of aromatic nitrogens is 2. The van der Waals surface area contributed by atoms with Crippen molar-refractivity contribution in [3.8, 4) is 5.75 Å². The van der Waals surface area contributed by atoms with Crippen LogP contribution >= 0.6 is 0 Å². The van der Waals surface area contributed by atoms with Crippen molar-refractivity contribution in [2.24, 2.45) is 0 Å². The lowest BCUT2D eigenvalue weighted by molar-refractivity contribution is -0.118. The molecule has 0 saturated heterocycles. The number of aromatic amines is 2. The van der Waals surface area contributed by atoms with E-state index in [1.807, 2.05) is 37.0 Å². The molecule has 0 saturated carbocycles. The molecule has 0 aliphatic heterocycles. The monoisotopic (exact) mass is 289 g/mol. The van der Waals surface area contributed by atoms with Crippen molar-refractivity contribution in [3.05, 3.63) is 56.4 Å². The fraction of sp³-hybridized carbons (Fsp3) is 0.214. The molecule has 7 nitrogen and oxygen atoms in total. The van der Waals surface area contributed by atoms with Gasteiger partial charge in [0.05, 0.1) is 0 Å². The molecule has 0 bridgehead atoms. The SMILES string of the molecule is Cc1cc(C)cc(OCC(=O)Nc2c[nH]c(=O)[nH]c2=O)c1. The van der Waals surface area contributed by atoms with E-state index < -0.39 is 17.2 Å². The number of hydrogen-bond acceptors (Lipinski definition) is 4. The summed E-state index contributed by atoms with van der Waals surface area (Å²) in [6.45, 7) is 3.63. The van der Waals surface area contributed by atoms with Crippen LogP contribution in [-0.2, 0) is 4.79 Å². The number of aryl methyl sites for hydroxylation is 2. The van der Waals surface area contributed by atoms with E-state index in [4.69, 9.17) is 4.74 Å². The Morgan fingerprint density at radius 2 is 1.86 bits per heavy atom. The lowest BCUT2D eigenvalue weighted by atomic mass is 10.1. The van der Waals surface area contributed by atoms with Crippen LogP contribution in [0.3, 0.4) is 0 Å². The highest BCUT2D eigenvalue weighted by Crippen LogP contribution is 2.16. The first-order chi connectivity index (χ1) is 9.94. The number of carbonyl (C=O) groups is 1. The van der Waals surface area contributed by atoms with E-state index >= 15 is 0 Å². The number of anilines is 1. The maximum Gasteiger partial charge on any atom is 0.325 e. The summed E-state index contributed by atoms with van der Waals surface area (Å²) in [6.07, 6.45) is 1.13. The molecule has 2 rings (SSSR count). The highest BCUT2D eigenvalue weighted by Gasteiger charge is 2.07. The quantitative estimate of drug-likeness (QED) is 0.770. The summed E-state index contributed by atoms with van der Waals surface area (Å²) in [4.78, 5) is 38.3. The van der Waals surface area contributed by atoms with Crippen LogP contribution in [0.1, 0.15) is 11.1 Å². The van der Waals surface area contributed by atoms with Crippen molar-refractivity contribution < 1.29 is 9.53 Å². The largest absolute Gasteiger partial charge is 0.484 e. The molecule has 0 atom stereocenters. The maximum absolute atomic E-state index is 11.7. The number of H-pyrrole nitrogens is 2. The lowest BCUT2D eigenvalue weighted by Crippen LogP contribution is -2.28. The van der Waals surface area contributed by atoms with Gasteiger partial charge in [0.15, 0.2) is 6.61 Å². The van der Waals surface area contributed by atoms with Gasteiger partial charge < -0.3 is 15.0 Å². The van der Waals surface area contributed by atoms with Gasteiger partial charge in [-0.25, -0.2) is 4.79 Å². The van der Waals surface area contributed by atoms with Crippen LogP contribution in [0.4, 0.5) is 5.69 Å². The zero-order valence-corrected chi connectivity index (χ0v) is 11.6. The van der Waals surface area contributed by atoms with E-state index in [0.29, 0.717) is 5.75 Å². The summed E-state index contributed by atoms with van der Waals surface area (Å²) in [5, 5.41) is 2.36. The third kappa shape index (κ3) is 4.07. The molecule has 0 aliphatic rings. The van der Waals surface area contributed by atoms with Crippen LogP contribution in [0.5, 0.6) is 5.75 Å². The normalized spacial score (nSPS) is 10.2. The van der Waals surface area contributed by atoms with Crippen molar-refractivity contribution in [3.63, 3.8) is 0 Å². The van der Waals surface area contributed by atoms with Gasteiger partial charge in [0, 0.05) is 6.20 Å². The molecule has 0 fully saturated rings. The Kier molecular flexibility index (Phi) is 4.22. The van der Waals surface area contributed by atoms with Crippen molar-refractivity contribution >= 4 is 11.6 Å². The molecule has 1 aromatic carbocycles. The second-order valence-corrected chi connectivity index (χ2v) is 4.65. The average molecular weight is 289 g/mol. The molecule has 0 aliphatic carbocycles. The number of hydrogen-bond donors (Lipinski definition) is 3. The second kappa shape index (κ2) is 6.08. The summed E-state index contributed by atoms with van der Waals surface area (Å²) in [7, 11) is 0. The summed E-state index contributed by atoms with van der Waals surface area (Å²) in [5.74, 6) is 0.0877. The number of benzene rings is 1. The average Bonchev–Trinajstić information content (AvgIpc) is 2.39. The zero-order valence-electron chi connectivity index (χ0n) is 11.6. The molecule has 110 valence electrons. The standard InChI is InChI=1S/C14H15N3O4/c1-8-3-9(2)5-10(4-8)21-7-12(18)16-11-6-15-14(20)17-13(11)19/h3-6H,7H2,1-2H3,(H,16,18)(H2,15,17,19,20). The van der Waals surface area contributed by atoms with Crippen LogP contribution in [0.2, 0.25) is 0 Å². The molecule has 1 heterocycles. The predicted molar refractivity (Wildman–Crippen MR) is 77.7 cm³/mol. The number of ether oxygens (including phenoxy) is 1. The summed E-state index contributed by atoms with van der Waals surface area (Å²) in [6, 6.07) is 5.62. The number of rotatable bonds is 4. The summed E-state index contributed by atoms with van der Waals surface area (Å²) >= 11 is 0. The number of carbonyl (C=O) groups excluding carboxylic acids is 1. The molecule has 1 amide bonds. The second-order valence-electron chi connectivity index (χ2n) is 4.65. The van der Waals surface area contributed by atoms with Gasteiger partial charge in [-0.15, -0.1) is 0 Å². The van der Waals surface area contributed by atoms with Crippen LogP contribution < -0.4 is 21.3 Å².